The van der Waals surface area contributed by atoms with Gasteiger partial charge in [0.05, 0.1) is 6.20 Å². The van der Waals surface area contributed by atoms with Crippen LogP contribution in [0.4, 0.5) is 0 Å². The van der Waals surface area contributed by atoms with Crippen molar-refractivity contribution in [3.63, 3.8) is 0 Å². The molecule has 0 radical (unpaired) electrons. The molecule has 1 aromatic rings. The summed E-state index contributed by atoms with van der Waals surface area (Å²) < 4.78 is 2.07. The van der Waals surface area contributed by atoms with E-state index in [0.29, 0.717) is 11.5 Å². The Labute approximate surface area is 141 Å². The summed E-state index contributed by atoms with van der Waals surface area (Å²) in [4.78, 5) is 5.08. The maximum absolute atomic E-state index is 9.43. The maximum atomic E-state index is 9.43. The van der Waals surface area contributed by atoms with Crippen molar-refractivity contribution in [3.05, 3.63) is 17.5 Å². The van der Waals surface area contributed by atoms with E-state index in [1.165, 1.54) is 11.3 Å². The molecule has 0 saturated carbocycles. The van der Waals surface area contributed by atoms with Gasteiger partial charge in [-0.1, -0.05) is 20.8 Å². The third kappa shape index (κ3) is 5.03. The van der Waals surface area contributed by atoms with Crippen molar-refractivity contribution in [2.24, 2.45) is 5.41 Å². The standard InChI is InChI=1S/C18H34N4O/c1-6-22-15(2)16(11-19-22)12-20-8-9-21(14-18(3,4)5)17(13-20)7-10-23/h11,17,23H,6-10,12-14H2,1-5H3/t17-/m0/s1. The fourth-order valence-corrected chi connectivity index (χ4v) is 3.54. The van der Waals surface area contributed by atoms with Crippen molar-refractivity contribution in [2.45, 2.75) is 60.2 Å². The quantitative estimate of drug-likeness (QED) is 0.871. The molecule has 2 heterocycles. The minimum absolute atomic E-state index is 0.270. The molecule has 1 aliphatic rings. The van der Waals surface area contributed by atoms with Crippen molar-refractivity contribution < 1.29 is 5.11 Å². The molecule has 132 valence electrons. The van der Waals surface area contributed by atoms with Gasteiger partial charge in [0.25, 0.3) is 0 Å². The van der Waals surface area contributed by atoms with Crippen molar-refractivity contribution in [1.82, 2.24) is 19.6 Å². The van der Waals surface area contributed by atoms with Crippen molar-refractivity contribution in [2.75, 3.05) is 32.8 Å². The molecule has 1 fully saturated rings. The van der Waals surface area contributed by atoms with Crippen LogP contribution in [0.15, 0.2) is 6.20 Å². The molecule has 0 aromatic carbocycles. The van der Waals surface area contributed by atoms with Crippen LogP contribution in [-0.4, -0.2) is 63.5 Å². The topological polar surface area (TPSA) is 44.5 Å². The molecular formula is C18H34N4O. The van der Waals surface area contributed by atoms with Gasteiger partial charge in [0.15, 0.2) is 0 Å². The third-order valence-electron chi connectivity index (χ3n) is 4.73. The number of piperazine rings is 1. The SMILES string of the molecule is CCn1ncc(CN2CCN(CC(C)(C)C)[C@@H](CCO)C2)c1C. The van der Waals surface area contributed by atoms with Gasteiger partial charge < -0.3 is 5.11 Å². The monoisotopic (exact) mass is 322 g/mol. The molecule has 0 amide bonds. The minimum Gasteiger partial charge on any atom is -0.396 e. The first-order chi connectivity index (χ1) is 10.8. The highest BCUT2D eigenvalue weighted by Crippen LogP contribution is 2.22. The Bertz CT molecular complexity index is 492. The smallest absolute Gasteiger partial charge is 0.0537 e. The summed E-state index contributed by atoms with van der Waals surface area (Å²) in [5, 5.41) is 13.9. The van der Waals surface area contributed by atoms with Gasteiger partial charge in [-0.25, -0.2) is 0 Å². The summed E-state index contributed by atoms with van der Waals surface area (Å²) in [5.74, 6) is 0. The van der Waals surface area contributed by atoms with Crippen LogP contribution in [0.3, 0.4) is 0 Å². The zero-order valence-corrected chi connectivity index (χ0v) is 15.5. The Kier molecular flexibility index (Phi) is 6.23. The fourth-order valence-electron chi connectivity index (χ4n) is 3.54. The first-order valence-electron chi connectivity index (χ1n) is 8.92. The minimum atomic E-state index is 0.270. The Balaban J connectivity index is 1.99. The molecule has 1 aliphatic heterocycles. The van der Waals surface area contributed by atoms with Gasteiger partial charge in [0.1, 0.15) is 0 Å². The van der Waals surface area contributed by atoms with Crippen LogP contribution in [0.5, 0.6) is 0 Å². The van der Waals surface area contributed by atoms with Crippen LogP contribution < -0.4 is 0 Å². The average Bonchev–Trinajstić information content (AvgIpc) is 2.81. The molecule has 5 heteroatoms. The maximum Gasteiger partial charge on any atom is 0.0537 e. The number of aliphatic hydroxyl groups excluding tert-OH is 1. The number of hydrogen-bond donors (Lipinski definition) is 1. The normalized spacial score (nSPS) is 21.0. The summed E-state index contributed by atoms with van der Waals surface area (Å²) in [5.41, 5.74) is 2.91. The van der Waals surface area contributed by atoms with Crippen LogP contribution in [0, 0.1) is 12.3 Å². The molecular weight excluding hydrogens is 288 g/mol. The summed E-state index contributed by atoms with van der Waals surface area (Å²) in [6.45, 7) is 17.6. The highest BCUT2D eigenvalue weighted by atomic mass is 16.3. The number of aromatic nitrogens is 2. The average molecular weight is 322 g/mol. The van der Waals surface area contributed by atoms with Crippen LogP contribution in [0.2, 0.25) is 0 Å². The highest BCUT2D eigenvalue weighted by molar-refractivity contribution is 5.16. The van der Waals surface area contributed by atoms with Gasteiger partial charge in [-0.2, -0.15) is 5.10 Å². The van der Waals surface area contributed by atoms with Gasteiger partial charge >= 0.3 is 0 Å². The van der Waals surface area contributed by atoms with E-state index < -0.39 is 0 Å². The Morgan fingerprint density at radius 3 is 2.61 bits per heavy atom. The summed E-state index contributed by atoms with van der Waals surface area (Å²) in [6.07, 6.45) is 2.88. The summed E-state index contributed by atoms with van der Waals surface area (Å²) in [6, 6.07) is 0.453. The van der Waals surface area contributed by atoms with Crippen molar-refractivity contribution in [1.29, 1.82) is 0 Å². The van der Waals surface area contributed by atoms with Crippen molar-refractivity contribution in [3.8, 4) is 0 Å². The van der Waals surface area contributed by atoms with Crippen LogP contribution in [0.25, 0.3) is 0 Å². The Morgan fingerprint density at radius 1 is 1.30 bits per heavy atom. The van der Waals surface area contributed by atoms with E-state index in [0.717, 1.165) is 45.7 Å². The number of aryl methyl sites for hydroxylation is 1. The number of aliphatic hydroxyl groups is 1. The molecule has 1 atom stereocenters. The third-order valence-corrected chi connectivity index (χ3v) is 4.73. The lowest BCUT2D eigenvalue weighted by molar-refractivity contribution is 0.0339. The van der Waals surface area contributed by atoms with Gasteiger partial charge in [-0.05, 0) is 25.7 Å². The molecule has 1 aromatic heterocycles. The molecule has 0 aliphatic carbocycles. The molecule has 1 N–H and O–H groups in total. The van der Waals surface area contributed by atoms with E-state index in [2.05, 4.69) is 54.2 Å². The van der Waals surface area contributed by atoms with E-state index in [1.54, 1.807) is 0 Å². The highest BCUT2D eigenvalue weighted by Gasteiger charge is 2.29. The van der Waals surface area contributed by atoms with E-state index in [9.17, 15) is 5.11 Å². The lowest BCUT2D eigenvalue weighted by Crippen LogP contribution is -2.54. The fraction of sp³-hybridized carbons (Fsp3) is 0.833. The van der Waals surface area contributed by atoms with Gasteiger partial charge in [-0.3, -0.25) is 14.5 Å². The van der Waals surface area contributed by atoms with E-state index >= 15 is 0 Å². The number of rotatable bonds is 6. The summed E-state index contributed by atoms with van der Waals surface area (Å²) in [7, 11) is 0. The zero-order valence-electron chi connectivity index (χ0n) is 15.5. The molecule has 23 heavy (non-hydrogen) atoms. The first-order valence-corrected chi connectivity index (χ1v) is 8.92. The molecule has 1 saturated heterocycles. The second-order valence-electron chi connectivity index (χ2n) is 8.00. The lowest BCUT2D eigenvalue weighted by atomic mass is 9.94. The van der Waals surface area contributed by atoms with Crippen LogP contribution >= 0.6 is 0 Å². The zero-order chi connectivity index (χ0) is 17.0. The molecule has 0 unspecified atom stereocenters. The second-order valence-corrected chi connectivity index (χ2v) is 8.00. The molecule has 2 rings (SSSR count). The second kappa shape index (κ2) is 7.77. The lowest BCUT2D eigenvalue weighted by Gasteiger charge is -2.44. The largest absolute Gasteiger partial charge is 0.396 e. The summed E-state index contributed by atoms with van der Waals surface area (Å²) >= 11 is 0. The van der Waals surface area contributed by atoms with E-state index in [4.69, 9.17) is 0 Å². The van der Waals surface area contributed by atoms with Gasteiger partial charge in [0, 0.05) is 63.2 Å². The number of hydrogen-bond acceptors (Lipinski definition) is 4. The number of nitrogens with zero attached hydrogens (tertiary/aromatic N) is 4. The Morgan fingerprint density at radius 2 is 2.04 bits per heavy atom. The molecule has 0 bridgehead atoms. The van der Waals surface area contributed by atoms with E-state index in [-0.39, 0.29) is 6.61 Å². The molecule has 5 nitrogen and oxygen atoms in total. The van der Waals surface area contributed by atoms with E-state index in [1.807, 2.05) is 6.20 Å². The Hall–Kier alpha value is -0.910. The molecule has 0 spiro atoms. The van der Waals surface area contributed by atoms with Gasteiger partial charge in [-0.15, -0.1) is 0 Å². The predicted octanol–water partition coefficient (Wildman–Crippen LogP) is 2.13. The van der Waals surface area contributed by atoms with Crippen LogP contribution in [0.1, 0.15) is 45.4 Å². The predicted molar refractivity (Wildman–Crippen MR) is 94.4 cm³/mol. The van der Waals surface area contributed by atoms with Gasteiger partial charge in [0.2, 0.25) is 0 Å². The first kappa shape index (κ1) is 18.4. The van der Waals surface area contributed by atoms with Crippen LogP contribution in [-0.2, 0) is 13.1 Å². The van der Waals surface area contributed by atoms with Crippen molar-refractivity contribution >= 4 is 0 Å².